The van der Waals surface area contributed by atoms with E-state index in [1.807, 2.05) is 13.8 Å². The zero-order chi connectivity index (χ0) is 14.0. The summed E-state index contributed by atoms with van der Waals surface area (Å²) in [5.74, 6) is -1.42. The summed E-state index contributed by atoms with van der Waals surface area (Å²) >= 11 is 0. The Kier molecular flexibility index (Phi) is 3.95. The van der Waals surface area contributed by atoms with Crippen LogP contribution in [0.2, 0.25) is 0 Å². The molecule has 2 rings (SSSR count). The Morgan fingerprint density at radius 1 is 1.26 bits per heavy atom. The van der Waals surface area contributed by atoms with Crippen LogP contribution >= 0.6 is 0 Å². The Bertz CT molecular complexity index is 581. The van der Waals surface area contributed by atoms with Gasteiger partial charge in [0.1, 0.15) is 17.7 Å². The molecule has 0 spiro atoms. The average Bonchev–Trinajstić information content (AvgIpc) is 2.81. The third-order valence-corrected chi connectivity index (χ3v) is 3.06. The van der Waals surface area contributed by atoms with Crippen LogP contribution in [-0.2, 0) is 13.0 Å². The fourth-order valence-corrected chi connectivity index (χ4v) is 2.02. The molecule has 1 unspecified atom stereocenters. The van der Waals surface area contributed by atoms with Gasteiger partial charge in [0.2, 0.25) is 0 Å². The molecule has 0 fully saturated rings. The molecule has 5 heteroatoms. The van der Waals surface area contributed by atoms with Gasteiger partial charge in [-0.25, -0.2) is 8.78 Å². The summed E-state index contributed by atoms with van der Waals surface area (Å²) in [4.78, 5) is 0. The lowest BCUT2D eigenvalue weighted by atomic mass is 10.1. The summed E-state index contributed by atoms with van der Waals surface area (Å²) in [5.41, 5.74) is 1.40. The highest BCUT2D eigenvalue weighted by molar-refractivity contribution is 5.28. The Hall–Kier alpha value is -1.75. The van der Waals surface area contributed by atoms with Gasteiger partial charge in [0, 0.05) is 18.2 Å². The molecule has 1 aromatic heterocycles. The van der Waals surface area contributed by atoms with E-state index in [4.69, 9.17) is 0 Å². The van der Waals surface area contributed by atoms with Gasteiger partial charge in [-0.05, 0) is 25.5 Å². The fraction of sp³-hybridized carbons (Fsp3) is 0.357. The molecule has 1 N–H and O–H groups in total. The van der Waals surface area contributed by atoms with Crippen LogP contribution in [0.15, 0.2) is 24.3 Å². The molecule has 0 aliphatic carbocycles. The molecule has 0 bridgehead atoms. The van der Waals surface area contributed by atoms with Crippen molar-refractivity contribution < 1.29 is 13.9 Å². The van der Waals surface area contributed by atoms with Crippen molar-refractivity contribution in [3.05, 3.63) is 52.9 Å². The SMILES string of the molecule is CCc1cc(C(O)c2ccc(F)cc2F)n(CC)n1. The Morgan fingerprint density at radius 3 is 2.58 bits per heavy atom. The third-order valence-electron chi connectivity index (χ3n) is 3.06. The minimum atomic E-state index is -1.15. The summed E-state index contributed by atoms with van der Waals surface area (Å²) in [6, 6.07) is 4.91. The second-order valence-corrected chi connectivity index (χ2v) is 4.30. The number of halogens is 2. The number of aromatic nitrogens is 2. The summed E-state index contributed by atoms with van der Waals surface area (Å²) in [5, 5.41) is 14.6. The van der Waals surface area contributed by atoms with Gasteiger partial charge in [-0.3, -0.25) is 4.68 Å². The van der Waals surface area contributed by atoms with Crippen molar-refractivity contribution in [2.75, 3.05) is 0 Å². The van der Waals surface area contributed by atoms with E-state index in [1.165, 1.54) is 6.07 Å². The molecule has 0 radical (unpaired) electrons. The molecule has 1 heterocycles. The van der Waals surface area contributed by atoms with E-state index in [0.29, 0.717) is 12.2 Å². The zero-order valence-corrected chi connectivity index (χ0v) is 10.9. The Labute approximate surface area is 110 Å². The first-order valence-electron chi connectivity index (χ1n) is 6.26. The van der Waals surface area contributed by atoms with Gasteiger partial charge < -0.3 is 5.11 Å². The summed E-state index contributed by atoms with van der Waals surface area (Å²) < 4.78 is 28.2. The maximum Gasteiger partial charge on any atom is 0.132 e. The van der Waals surface area contributed by atoms with E-state index in [1.54, 1.807) is 10.7 Å². The average molecular weight is 266 g/mol. The maximum atomic E-state index is 13.7. The van der Waals surface area contributed by atoms with Crippen LogP contribution < -0.4 is 0 Å². The molecular weight excluding hydrogens is 250 g/mol. The summed E-state index contributed by atoms with van der Waals surface area (Å²) in [6.45, 7) is 4.43. The first-order chi connectivity index (χ1) is 9.06. The highest BCUT2D eigenvalue weighted by atomic mass is 19.1. The first-order valence-corrected chi connectivity index (χ1v) is 6.26. The van der Waals surface area contributed by atoms with Crippen LogP contribution in [0, 0.1) is 11.6 Å². The Morgan fingerprint density at radius 2 is 2.00 bits per heavy atom. The van der Waals surface area contributed by atoms with E-state index < -0.39 is 17.7 Å². The number of nitrogens with zero attached hydrogens (tertiary/aromatic N) is 2. The number of hydrogen-bond acceptors (Lipinski definition) is 2. The van der Waals surface area contributed by atoms with Crippen molar-refractivity contribution >= 4 is 0 Å². The smallest absolute Gasteiger partial charge is 0.132 e. The lowest BCUT2D eigenvalue weighted by Gasteiger charge is -2.13. The van der Waals surface area contributed by atoms with Crippen molar-refractivity contribution in [3.63, 3.8) is 0 Å². The van der Waals surface area contributed by atoms with Gasteiger partial charge >= 0.3 is 0 Å². The summed E-state index contributed by atoms with van der Waals surface area (Å²) in [7, 11) is 0. The molecule has 0 saturated carbocycles. The molecule has 0 saturated heterocycles. The predicted molar refractivity (Wildman–Crippen MR) is 67.7 cm³/mol. The van der Waals surface area contributed by atoms with Crippen molar-refractivity contribution in [1.82, 2.24) is 9.78 Å². The van der Waals surface area contributed by atoms with E-state index in [2.05, 4.69) is 5.10 Å². The maximum absolute atomic E-state index is 13.7. The molecule has 0 amide bonds. The number of benzene rings is 1. The largest absolute Gasteiger partial charge is 0.382 e. The van der Waals surface area contributed by atoms with Crippen molar-refractivity contribution in [2.24, 2.45) is 0 Å². The third kappa shape index (κ3) is 2.66. The minimum Gasteiger partial charge on any atom is -0.382 e. The van der Waals surface area contributed by atoms with Crippen LogP contribution in [0.1, 0.15) is 36.9 Å². The molecule has 0 aliphatic rings. The minimum absolute atomic E-state index is 0.0543. The molecule has 3 nitrogen and oxygen atoms in total. The lowest BCUT2D eigenvalue weighted by molar-refractivity contribution is 0.202. The van der Waals surface area contributed by atoms with Crippen LogP contribution in [-0.4, -0.2) is 14.9 Å². The molecule has 1 atom stereocenters. The monoisotopic (exact) mass is 266 g/mol. The number of aliphatic hydroxyl groups is 1. The quantitative estimate of drug-likeness (QED) is 0.924. The molecule has 102 valence electrons. The fourth-order valence-electron chi connectivity index (χ4n) is 2.02. The van der Waals surface area contributed by atoms with Gasteiger partial charge in [0.25, 0.3) is 0 Å². The van der Waals surface area contributed by atoms with Gasteiger partial charge in [-0.2, -0.15) is 5.10 Å². The van der Waals surface area contributed by atoms with Crippen LogP contribution in [0.25, 0.3) is 0 Å². The number of aliphatic hydroxyl groups excluding tert-OH is 1. The molecule has 0 aliphatic heterocycles. The first kappa shape index (κ1) is 13.7. The number of hydrogen-bond donors (Lipinski definition) is 1. The van der Waals surface area contributed by atoms with Crippen LogP contribution in [0.5, 0.6) is 0 Å². The highest BCUT2D eigenvalue weighted by Gasteiger charge is 2.20. The topological polar surface area (TPSA) is 38.0 Å². The van der Waals surface area contributed by atoms with Crippen LogP contribution in [0.4, 0.5) is 8.78 Å². The molecule has 1 aromatic carbocycles. The second kappa shape index (κ2) is 5.48. The van der Waals surface area contributed by atoms with Gasteiger partial charge in [-0.1, -0.05) is 13.0 Å². The molecule has 2 aromatic rings. The van der Waals surface area contributed by atoms with E-state index in [9.17, 15) is 13.9 Å². The van der Waals surface area contributed by atoms with Crippen molar-refractivity contribution in [1.29, 1.82) is 0 Å². The number of rotatable bonds is 4. The van der Waals surface area contributed by atoms with E-state index in [0.717, 1.165) is 24.2 Å². The van der Waals surface area contributed by atoms with Gasteiger partial charge in [0.05, 0.1) is 11.4 Å². The second-order valence-electron chi connectivity index (χ2n) is 4.30. The van der Waals surface area contributed by atoms with Crippen LogP contribution in [0.3, 0.4) is 0 Å². The summed E-state index contributed by atoms with van der Waals surface area (Å²) in [6.07, 6.45) is -0.410. The van der Waals surface area contributed by atoms with Crippen molar-refractivity contribution in [2.45, 2.75) is 32.9 Å². The van der Waals surface area contributed by atoms with E-state index in [-0.39, 0.29) is 5.56 Å². The Balaban J connectivity index is 2.42. The number of aryl methyl sites for hydroxylation is 2. The standard InChI is InChI=1S/C14H16F2N2O/c1-3-10-8-13(18(4-2)17-10)14(19)11-6-5-9(15)7-12(11)16/h5-8,14,19H,3-4H2,1-2H3. The molecule has 19 heavy (non-hydrogen) atoms. The zero-order valence-electron chi connectivity index (χ0n) is 10.9. The van der Waals surface area contributed by atoms with E-state index >= 15 is 0 Å². The van der Waals surface area contributed by atoms with Crippen molar-refractivity contribution in [3.8, 4) is 0 Å². The highest BCUT2D eigenvalue weighted by Crippen LogP contribution is 2.25. The predicted octanol–water partition coefficient (Wildman–Crippen LogP) is 2.83. The van der Waals surface area contributed by atoms with Gasteiger partial charge in [0.15, 0.2) is 0 Å². The lowest BCUT2D eigenvalue weighted by Crippen LogP contribution is -2.10. The normalized spacial score (nSPS) is 12.7. The molecular formula is C14H16F2N2O. The van der Waals surface area contributed by atoms with Gasteiger partial charge in [-0.15, -0.1) is 0 Å².